The van der Waals surface area contributed by atoms with Crippen molar-refractivity contribution in [3.63, 3.8) is 0 Å². The lowest BCUT2D eigenvalue weighted by atomic mass is 9.87. The van der Waals surface area contributed by atoms with E-state index in [2.05, 4.69) is 48.5 Å². The highest BCUT2D eigenvalue weighted by atomic mass is 16.2. The monoisotopic (exact) mass is 388 g/mol. The smallest absolute Gasteiger partial charge is 0.267 e. The van der Waals surface area contributed by atoms with E-state index in [0.29, 0.717) is 12.1 Å². The summed E-state index contributed by atoms with van der Waals surface area (Å²) in [5.74, 6) is -0.228. The standard InChI is InChI=1S/C24H28N4O/c1-17-22(18(2)28(27-17)16-19-9-7-6-8-10-19)15-25-26-23(29)20-11-13-21(14-12-20)24(3,4)5/h6-15H,16H2,1-5H3,(H,26,29)/b25-15-. The number of aryl methyl sites for hydroxylation is 1. The topological polar surface area (TPSA) is 59.3 Å². The van der Waals surface area contributed by atoms with E-state index in [4.69, 9.17) is 0 Å². The first-order valence-electron chi connectivity index (χ1n) is 9.77. The van der Waals surface area contributed by atoms with Gasteiger partial charge in [-0.2, -0.15) is 10.2 Å². The molecule has 2 aromatic carbocycles. The molecule has 1 heterocycles. The van der Waals surface area contributed by atoms with Crippen LogP contribution in [0.3, 0.4) is 0 Å². The van der Waals surface area contributed by atoms with E-state index in [0.717, 1.165) is 17.0 Å². The molecule has 3 rings (SSSR count). The summed E-state index contributed by atoms with van der Waals surface area (Å²) in [5, 5.41) is 8.76. The lowest BCUT2D eigenvalue weighted by Gasteiger charge is -2.18. The highest BCUT2D eigenvalue weighted by Gasteiger charge is 2.14. The average Bonchev–Trinajstić information content (AvgIpc) is 2.95. The maximum atomic E-state index is 12.4. The highest BCUT2D eigenvalue weighted by molar-refractivity contribution is 5.95. The minimum atomic E-state index is -0.228. The summed E-state index contributed by atoms with van der Waals surface area (Å²) in [5.41, 5.74) is 8.45. The Kier molecular flexibility index (Phi) is 5.97. The fourth-order valence-corrected chi connectivity index (χ4v) is 3.15. The van der Waals surface area contributed by atoms with Crippen molar-refractivity contribution in [2.24, 2.45) is 5.10 Å². The molecule has 5 nitrogen and oxygen atoms in total. The van der Waals surface area contributed by atoms with Crippen LogP contribution in [0.15, 0.2) is 59.7 Å². The summed E-state index contributed by atoms with van der Waals surface area (Å²) in [4.78, 5) is 12.4. The van der Waals surface area contributed by atoms with Crippen LogP contribution in [0.4, 0.5) is 0 Å². The lowest BCUT2D eigenvalue weighted by Crippen LogP contribution is -2.18. The second kappa shape index (κ2) is 8.43. The molecule has 5 heteroatoms. The molecule has 1 N–H and O–H groups in total. The van der Waals surface area contributed by atoms with Crippen LogP contribution in [0.1, 0.15) is 59.2 Å². The average molecular weight is 389 g/mol. The molecule has 0 saturated carbocycles. The maximum absolute atomic E-state index is 12.4. The highest BCUT2D eigenvalue weighted by Crippen LogP contribution is 2.22. The van der Waals surface area contributed by atoms with Crippen molar-refractivity contribution in [1.29, 1.82) is 0 Å². The zero-order chi connectivity index (χ0) is 21.0. The van der Waals surface area contributed by atoms with E-state index in [1.807, 2.05) is 61.0 Å². The Labute approximate surface area is 172 Å². The van der Waals surface area contributed by atoms with Gasteiger partial charge in [-0.25, -0.2) is 5.43 Å². The van der Waals surface area contributed by atoms with Crippen molar-refractivity contribution >= 4 is 12.1 Å². The Bertz CT molecular complexity index is 1010. The maximum Gasteiger partial charge on any atom is 0.271 e. The van der Waals surface area contributed by atoms with Crippen LogP contribution in [0.25, 0.3) is 0 Å². The van der Waals surface area contributed by atoms with Crippen LogP contribution < -0.4 is 5.43 Å². The van der Waals surface area contributed by atoms with Gasteiger partial charge in [0.25, 0.3) is 5.91 Å². The molecule has 1 aromatic heterocycles. The fraction of sp³-hybridized carbons (Fsp3) is 0.292. The number of hydrogen-bond acceptors (Lipinski definition) is 3. The Morgan fingerprint density at radius 3 is 2.34 bits per heavy atom. The van der Waals surface area contributed by atoms with Crippen molar-refractivity contribution in [2.45, 2.75) is 46.6 Å². The van der Waals surface area contributed by atoms with Gasteiger partial charge in [-0.3, -0.25) is 9.48 Å². The first-order chi connectivity index (χ1) is 13.8. The molecule has 0 aliphatic carbocycles. The summed E-state index contributed by atoms with van der Waals surface area (Å²) >= 11 is 0. The molecule has 1 amide bonds. The minimum absolute atomic E-state index is 0.0577. The van der Waals surface area contributed by atoms with Crippen LogP contribution in [-0.2, 0) is 12.0 Å². The zero-order valence-electron chi connectivity index (χ0n) is 17.7. The van der Waals surface area contributed by atoms with Gasteiger partial charge in [0.05, 0.1) is 18.5 Å². The molecule has 0 fully saturated rings. The molecule has 0 spiro atoms. The number of carbonyl (C=O) groups excluding carboxylic acids is 1. The van der Waals surface area contributed by atoms with Gasteiger partial charge in [0, 0.05) is 16.8 Å². The molecule has 0 aliphatic heterocycles. The van der Waals surface area contributed by atoms with Gasteiger partial charge in [-0.15, -0.1) is 0 Å². The van der Waals surface area contributed by atoms with E-state index in [9.17, 15) is 4.79 Å². The van der Waals surface area contributed by atoms with Gasteiger partial charge in [0.2, 0.25) is 0 Å². The van der Waals surface area contributed by atoms with Crippen LogP contribution in [0.5, 0.6) is 0 Å². The van der Waals surface area contributed by atoms with Gasteiger partial charge in [-0.1, -0.05) is 63.2 Å². The first kappa shape index (κ1) is 20.5. The Morgan fingerprint density at radius 2 is 1.72 bits per heavy atom. The van der Waals surface area contributed by atoms with Gasteiger partial charge < -0.3 is 0 Å². The molecular formula is C24H28N4O. The number of carbonyl (C=O) groups is 1. The normalized spacial score (nSPS) is 11.8. The van der Waals surface area contributed by atoms with Crippen molar-refractivity contribution in [1.82, 2.24) is 15.2 Å². The third kappa shape index (κ3) is 4.99. The summed E-state index contributed by atoms with van der Waals surface area (Å²) < 4.78 is 1.96. The number of benzene rings is 2. The van der Waals surface area contributed by atoms with E-state index < -0.39 is 0 Å². The summed E-state index contributed by atoms with van der Waals surface area (Å²) in [7, 11) is 0. The number of nitrogens with one attached hydrogen (secondary N) is 1. The molecule has 0 atom stereocenters. The van der Waals surface area contributed by atoms with Crippen molar-refractivity contribution in [3.05, 3.63) is 88.2 Å². The number of hydrazone groups is 1. The third-order valence-electron chi connectivity index (χ3n) is 4.99. The Hall–Kier alpha value is -3.21. The number of aromatic nitrogens is 2. The summed E-state index contributed by atoms with van der Waals surface area (Å²) in [6, 6.07) is 17.8. The predicted octanol–water partition coefficient (Wildman–Crippen LogP) is 4.61. The molecule has 150 valence electrons. The molecule has 29 heavy (non-hydrogen) atoms. The number of amides is 1. The van der Waals surface area contributed by atoms with Crippen LogP contribution >= 0.6 is 0 Å². The van der Waals surface area contributed by atoms with Gasteiger partial charge in [0.1, 0.15) is 0 Å². The van der Waals surface area contributed by atoms with Crippen molar-refractivity contribution < 1.29 is 4.79 Å². The second-order valence-electron chi connectivity index (χ2n) is 8.25. The van der Waals surface area contributed by atoms with E-state index in [1.165, 1.54) is 11.1 Å². The summed E-state index contributed by atoms with van der Waals surface area (Å²) in [6.07, 6.45) is 1.67. The molecule has 0 bridgehead atoms. The first-order valence-corrected chi connectivity index (χ1v) is 9.77. The largest absolute Gasteiger partial charge is 0.271 e. The van der Waals surface area contributed by atoms with E-state index in [-0.39, 0.29) is 11.3 Å². The van der Waals surface area contributed by atoms with Crippen LogP contribution in [0.2, 0.25) is 0 Å². The van der Waals surface area contributed by atoms with Crippen LogP contribution in [-0.4, -0.2) is 21.9 Å². The predicted molar refractivity (Wildman–Crippen MR) is 117 cm³/mol. The minimum Gasteiger partial charge on any atom is -0.267 e. The van der Waals surface area contributed by atoms with E-state index >= 15 is 0 Å². The number of rotatable bonds is 5. The third-order valence-corrected chi connectivity index (χ3v) is 4.99. The SMILES string of the molecule is Cc1nn(Cc2ccccc2)c(C)c1/C=N\NC(=O)c1ccc(C(C)(C)C)cc1. The van der Waals surface area contributed by atoms with Gasteiger partial charge in [-0.05, 0) is 42.5 Å². The van der Waals surface area contributed by atoms with Gasteiger partial charge in [0.15, 0.2) is 0 Å². The zero-order valence-corrected chi connectivity index (χ0v) is 17.7. The molecule has 0 unspecified atom stereocenters. The molecule has 3 aromatic rings. The molecule has 0 saturated heterocycles. The quantitative estimate of drug-likeness (QED) is 0.512. The van der Waals surface area contributed by atoms with E-state index in [1.54, 1.807) is 6.21 Å². The second-order valence-corrected chi connectivity index (χ2v) is 8.25. The Morgan fingerprint density at radius 1 is 1.07 bits per heavy atom. The van der Waals surface area contributed by atoms with Crippen molar-refractivity contribution in [2.75, 3.05) is 0 Å². The number of nitrogens with zero attached hydrogens (tertiary/aromatic N) is 3. The molecule has 0 radical (unpaired) electrons. The molecular weight excluding hydrogens is 360 g/mol. The fourth-order valence-electron chi connectivity index (χ4n) is 3.15. The van der Waals surface area contributed by atoms with Crippen LogP contribution in [0, 0.1) is 13.8 Å². The lowest BCUT2D eigenvalue weighted by molar-refractivity contribution is 0.0955. The number of hydrogen-bond donors (Lipinski definition) is 1. The summed E-state index contributed by atoms with van der Waals surface area (Å²) in [6.45, 7) is 11.1. The Balaban J connectivity index is 1.68. The molecule has 0 aliphatic rings. The van der Waals surface area contributed by atoms with Gasteiger partial charge >= 0.3 is 0 Å². The van der Waals surface area contributed by atoms with Crippen molar-refractivity contribution in [3.8, 4) is 0 Å².